The van der Waals surface area contributed by atoms with Crippen LogP contribution in [0.4, 0.5) is 0 Å². The summed E-state index contributed by atoms with van der Waals surface area (Å²) in [5.74, 6) is 1.75. The van der Waals surface area contributed by atoms with E-state index in [1.165, 1.54) is 57.3 Å². The molecule has 2 aliphatic heterocycles. The Hall–Kier alpha value is -1.55. The predicted molar refractivity (Wildman–Crippen MR) is 106 cm³/mol. The van der Waals surface area contributed by atoms with Gasteiger partial charge in [-0.3, -0.25) is 4.99 Å². The van der Waals surface area contributed by atoms with Crippen LogP contribution in [0.1, 0.15) is 50.5 Å². The van der Waals surface area contributed by atoms with Gasteiger partial charge in [0.1, 0.15) is 0 Å². The summed E-state index contributed by atoms with van der Waals surface area (Å²) in [5.41, 5.74) is 1.46. The van der Waals surface area contributed by atoms with Gasteiger partial charge in [0.2, 0.25) is 0 Å². The van der Waals surface area contributed by atoms with E-state index >= 15 is 0 Å². The van der Waals surface area contributed by atoms with Gasteiger partial charge in [0.25, 0.3) is 0 Å². The molecule has 1 N–H and O–H groups in total. The average molecular weight is 343 g/mol. The standard InChI is InChI=1S/C21H34N4/c1-2-22-21(23-13-6-7-14-24-15-8-9-16-24)25-17-12-20(18-25)19-10-4-3-5-11-19/h3-5,10-11,20H,2,6-9,12-18H2,1H3,(H,22,23). The van der Waals surface area contributed by atoms with Crippen molar-refractivity contribution in [3.05, 3.63) is 35.9 Å². The zero-order chi connectivity index (χ0) is 17.3. The van der Waals surface area contributed by atoms with Crippen LogP contribution in [0.3, 0.4) is 0 Å². The van der Waals surface area contributed by atoms with Crippen molar-refractivity contribution < 1.29 is 0 Å². The number of nitrogens with one attached hydrogen (secondary N) is 1. The van der Waals surface area contributed by atoms with Gasteiger partial charge in [0.05, 0.1) is 0 Å². The number of unbranched alkanes of at least 4 members (excludes halogenated alkanes) is 1. The van der Waals surface area contributed by atoms with Crippen LogP contribution in [-0.4, -0.2) is 61.6 Å². The topological polar surface area (TPSA) is 30.9 Å². The van der Waals surface area contributed by atoms with Gasteiger partial charge in [-0.05, 0) is 64.2 Å². The SMILES string of the molecule is CCNC(=NCCCCN1CCCC1)N1CCC(c2ccccc2)C1. The van der Waals surface area contributed by atoms with E-state index in [-0.39, 0.29) is 0 Å². The van der Waals surface area contributed by atoms with Crippen LogP contribution in [0.15, 0.2) is 35.3 Å². The molecule has 1 aromatic carbocycles. The molecule has 0 spiro atoms. The molecule has 3 rings (SSSR count). The van der Waals surface area contributed by atoms with E-state index in [0.717, 1.165) is 32.1 Å². The summed E-state index contributed by atoms with van der Waals surface area (Å²) >= 11 is 0. The summed E-state index contributed by atoms with van der Waals surface area (Å²) in [6, 6.07) is 10.9. The molecule has 0 saturated carbocycles. The highest BCUT2D eigenvalue weighted by Crippen LogP contribution is 2.26. The van der Waals surface area contributed by atoms with Gasteiger partial charge in [0, 0.05) is 32.1 Å². The molecule has 0 bridgehead atoms. The fourth-order valence-corrected chi connectivity index (χ4v) is 4.01. The highest BCUT2D eigenvalue weighted by atomic mass is 15.3. The molecule has 1 aromatic rings. The Morgan fingerprint density at radius 1 is 1.12 bits per heavy atom. The molecule has 0 aromatic heterocycles. The first-order valence-corrected chi connectivity index (χ1v) is 10.2. The van der Waals surface area contributed by atoms with Gasteiger partial charge < -0.3 is 15.1 Å². The number of hydrogen-bond acceptors (Lipinski definition) is 2. The third-order valence-electron chi connectivity index (χ3n) is 5.44. The Bertz CT molecular complexity index is 522. The Balaban J connectivity index is 1.45. The van der Waals surface area contributed by atoms with Gasteiger partial charge in [-0.1, -0.05) is 30.3 Å². The maximum Gasteiger partial charge on any atom is 0.193 e. The number of likely N-dealkylation sites (tertiary alicyclic amines) is 2. The van der Waals surface area contributed by atoms with Gasteiger partial charge in [-0.2, -0.15) is 0 Å². The van der Waals surface area contributed by atoms with Gasteiger partial charge in [0.15, 0.2) is 5.96 Å². The Morgan fingerprint density at radius 3 is 2.68 bits per heavy atom. The minimum absolute atomic E-state index is 0.639. The molecule has 2 saturated heterocycles. The molecule has 4 nitrogen and oxygen atoms in total. The highest BCUT2D eigenvalue weighted by molar-refractivity contribution is 5.80. The monoisotopic (exact) mass is 342 g/mol. The molecular weight excluding hydrogens is 308 g/mol. The predicted octanol–water partition coefficient (Wildman–Crippen LogP) is 3.32. The van der Waals surface area contributed by atoms with E-state index in [1.54, 1.807) is 0 Å². The normalized spacial score (nSPS) is 21.9. The summed E-state index contributed by atoms with van der Waals surface area (Å²) in [7, 11) is 0. The number of nitrogens with zero attached hydrogens (tertiary/aromatic N) is 3. The Kier molecular flexibility index (Phi) is 7.16. The second-order valence-corrected chi connectivity index (χ2v) is 7.33. The fourth-order valence-electron chi connectivity index (χ4n) is 4.01. The molecule has 2 aliphatic rings. The second kappa shape index (κ2) is 9.81. The molecule has 4 heteroatoms. The van der Waals surface area contributed by atoms with E-state index in [2.05, 4.69) is 52.4 Å². The number of rotatable bonds is 7. The van der Waals surface area contributed by atoms with Crippen molar-refractivity contribution in [1.82, 2.24) is 15.1 Å². The summed E-state index contributed by atoms with van der Waals surface area (Å²) in [6.07, 6.45) is 6.47. The number of aliphatic imine (C=N–C) groups is 1. The molecule has 2 fully saturated rings. The van der Waals surface area contributed by atoms with Crippen LogP contribution >= 0.6 is 0 Å². The molecule has 1 atom stereocenters. The van der Waals surface area contributed by atoms with Crippen molar-refractivity contribution in [3.63, 3.8) is 0 Å². The molecular formula is C21H34N4. The molecule has 0 aliphatic carbocycles. The summed E-state index contributed by atoms with van der Waals surface area (Å²) in [4.78, 5) is 9.94. The molecule has 138 valence electrons. The lowest BCUT2D eigenvalue weighted by Gasteiger charge is -2.22. The molecule has 0 radical (unpaired) electrons. The zero-order valence-corrected chi connectivity index (χ0v) is 15.8. The van der Waals surface area contributed by atoms with Crippen LogP contribution in [-0.2, 0) is 0 Å². The van der Waals surface area contributed by atoms with Crippen LogP contribution < -0.4 is 5.32 Å². The van der Waals surface area contributed by atoms with Gasteiger partial charge >= 0.3 is 0 Å². The van der Waals surface area contributed by atoms with Crippen molar-refractivity contribution in [2.24, 2.45) is 4.99 Å². The summed E-state index contributed by atoms with van der Waals surface area (Å²) in [6.45, 7) is 10.1. The average Bonchev–Trinajstić information content (AvgIpc) is 3.33. The third kappa shape index (κ3) is 5.46. The van der Waals surface area contributed by atoms with Gasteiger partial charge in [-0.15, -0.1) is 0 Å². The Morgan fingerprint density at radius 2 is 1.92 bits per heavy atom. The van der Waals surface area contributed by atoms with E-state index in [9.17, 15) is 0 Å². The number of guanidine groups is 1. The molecule has 1 unspecified atom stereocenters. The van der Waals surface area contributed by atoms with Crippen molar-refractivity contribution >= 4 is 5.96 Å². The summed E-state index contributed by atoms with van der Waals surface area (Å²) < 4.78 is 0. The lowest BCUT2D eigenvalue weighted by Crippen LogP contribution is -2.40. The lowest BCUT2D eigenvalue weighted by molar-refractivity contribution is 0.331. The molecule has 2 heterocycles. The van der Waals surface area contributed by atoms with E-state index in [0.29, 0.717) is 5.92 Å². The van der Waals surface area contributed by atoms with Crippen molar-refractivity contribution in [2.75, 3.05) is 45.8 Å². The maximum absolute atomic E-state index is 4.90. The minimum Gasteiger partial charge on any atom is -0.357 e. The second-order valence-electron chi connectivity index (χ2n) is 7.33. The van der Waals surface area contributed by atoms with Crippen molar-refractivity contribution in [1.29, 1.82) is 0 Å². The lowest BCUT2D eigenvalue weighted by atomic mass is 9.99. The zero-order valence-electron chi connectivity index (χ0n) is 15.8. The maximum atomic E-state index is 4.90. The van der Waals surface area contributed by atoms with E-state index in [1.807, 2.05) is 0 Å². The number of hydrogen-bond donors (Lipinski definition) is 1. The third-order valence-corrected chi connectivity index (χ3v) is 5.44. The fraction of sp³-hybridized carbons (Fsp3) is 0.667. The van der Waals surface area contributed by atoms with E-state index in [4.69, 9.17) is 4.99 Å². The largest absolute Gasteiger partial charge is 0.357 e. The first kappa shape index (κ1) is 18.2. The summed E-state index contributed by atoms with van der Waals surface area (Å²) in [5, 5.41) is 3.49. The smallest absolute Gasteiger partial charge is 0.193 e. The van der Waals surface area contributed by atoms with E-state index < -0.39 is 0 Å². The molecule has 0 amide bonds. The first-order chi connectivity index (χ1) is 12.4. The molecule has 25 heavy (non-hydrogen) atoms. The van der Waals surface area contributed by atoms with Crippen molar-refractivity contribution in [2.45, 2.75) is 44.9 Å². The van der Waals surface area contributed by atoms with Crippen molar-refractivity contribution in [3.8, 4) is 0 Å². The first-order valence-electron chi connectivity index (χ1n) is 10.2. The van der Waals surface area contributed by atoms with Crippen LogP contribution in [0.2, 0.25) is 0 Å². The van der Waals surface area contributed by atoms with Crippen LogP contribution in [0.5, 0.6) is 0 Å². The van der Waals surface area contributed by atoms with Crippen LogP contribution in [0, 0.1) is 0 Å². The quantitative estimate of drug-likeness (QED) is 0.468. The Labute approximate surface area is 153 Å². The highest BCUT2D eigenvalue weighted by Gasteiger charge is 2.25. The van der Waals surface area contributed by atoms with Gasteiger partial charge in [-0.25, -0.2) is 0 Å². The van der Waals surface area contributed by atoms with Crippen LogP contribution in [0.25, 0.3) is 0 Å². The minimum atomic E-state index is 0.639. The number of benzene rings is 1.